The van der Waals surface area contributed by atoms with Gasteiger partial charge in [0.05, 0.1) is 12.6 Å². The van der Waals surface area contributed by atoms with E-state index in [4.69, 9.17) is 4.74 Å². The molecule has 8 heteroatoms. The number of halogens is 4. The minimum atomic E-state index is -2.32. The molecule has 0 saturated carbocycles. The molecule has 0 radical (unpaired) electrons. The van der Waals surface area contributed by atoms with Crippen molar-refractivity contribution in [1.29, 1.82) is 0 Å². The molecule has 0 aliphatic carbocycles. The number of nitrogens with one attached hydrogen (secondary N) is 1. The van der Waals surface area contributed by atoms with Crippen LogP contribution in [0.4, 0.5) is 22.4 Å². The van der Waals surface area contributed by atoms with Gasteiger partial charge in [0.25, 0.3) is 0 Å². The quantitative estimate of drug-likeness (QED) is 0.540. The van der Waals surface area contributed by atoms with Crippen molar-refractivity contribution in [3.05, 3.63) is 107 Å². The first-order valence-corrected chi connectivity index (χ1v) is 9.39. The highest BCUT2D eigenvalue weighted by Crippen LogP contribution is 2.42. The first-order chi connectivity index (χ1) is 14.8. The number of rotatable bonds is 6. The molecule has 0 fully saturated rings. The van der Waals surface area contributed by atoms with Gasteiger partial charge in [0.15, 0.2) is 23.3 Å². The minimum absolute atomic E-state index is 0.0299. The molecule has 31 heavy (non-hydrogen) atoms. The average molecular weight is 433 g/mol. The highest BCUT2D eigenvalue weighted by atomic mass is 19.2. The fourth-order valence-electron chi connectivity index (χ4n) is 3.33. The second-order valence-electron chi connectivity index (χ2n) is 6.73. The molecule has 162 valence electrons. The lowest BCUT2D eigenvalue weighted by Crippen LogP contribution is -2.45. The number of hydrogen-bond acceptors (Lipinski definition) is 3. The second kappa shape index (κ2) is 9.18. The van der Waals surface area contributed by atoms with E-state index in [0.29, 0.717) is 5.56 Å². The molecule has 4 nitrogen and oxygen atoms in total. The Labute approximate surface area is 176 Å². The van der Waals surface area contributed by atoms with E-state index in [1.165, 1.54) is 0 Å². The third-order valence-corrected chi connectivity index (χ3v) is 4.81. The van der Waals surface area contributed by atoms with Gasteiger partial charge in [0, 0.05) is 0 Å². The molecular weight excluding hydrogens is 414 g/mol. The predicted molar refractivity (Wildman–Crippen MR) is 105 cm³/mol. The number of alkyl carbamates (subject to hydrolysis) is 1. The summed E-state index contributed by atoms with van der Waals surface area (Å²) in [6.45, 7) is 1.61. The van der Waals surface area contributed by atoms with Crippen LogP contribution in [0.5, 0.6) is 0 Å². The molecule has 1 atom stereocenters. The van der Waals surface area contributed by atoms with Crippen LogP contribution in [0.25, 0.3) is 0 Å². The third-order valence-electron chi connectivity index (χ3n) is 4.81. The van der Waals surface area contributed by atoms with E-state index in [2.05, 4.69) is 5.32 Å². The van der Waals surface area contributed by atoms with Crippen LogP contribution < -0.4 is 5.32 Å². The summed E-state index contributed by atoms with van der Waals surface area (Å²) in [5, 5.41) is 14.4. The van der Waals surface area contributed by atoms with E-state index in [1.807, 2.05) is 0 Å². The first kappa shape index (κ1) is 22.3. The van der Waals surface area contributed by atoms with Crippen molar-refractivity contribution in [2.24, 2.45) is 0 Å². The Morgan fingerprint density at radius 1 is 0.903 bits per heavy atom. The zero-order valence-corrected chi connectivity index (χ0v) is 16.4. The SMILES string of the molecule is CCOC(=O)N[C@@H](c1ccccc1)C(O)(c1ccc(F)c(F)c1)c1ccc(F)c(F)c1. The molecule has 3 aromatic carbocycles. The average Bonchev–Trinajstić information content (AvgIpc) is 2.76. The van der Waals surface area contributed by atoms with Gasteiger partial charge in [-0.15, -0.1) is 0 Å². The number of benzene rings is 3. The van der Waals surface area contributed by atoms with Gasteiger partial charge in [-0.25, -0.2) is 22.4 Å². The Hall–Kier alpha value is -3.39. The predicted octanol–water partition coefficient (Wildman–Crippen LogP) is 4.97. The zero-order chi connectivity index (χ0) is 22.6. The largest absolute Gasteiger partial charge is 0.450 e. The molecule has 0 unspecified atom stereocenters. The maximum atomic E-state index is 14.1. The summed E-state index contributed by atoms with van der Waals surface area (Å²) >= 11 is 0. The number of carbonyl (C=O) groups is 1. The van der Waals surface area contributed by atoms with Gasteiger partial charge in [-0.05, 0) is 47.9 Å². The van der Waals surface area contributed by atoms with Crippen LogP contribution in [0.3, 0.4) is 0 Å². The molecule has 2 N–H and O–H groups in total. The van der Waals surface area contributed by atoms with Gasteiger partial charge in [0.2, 0.25) is 0 Å². The molecule has 0 spiro atoms. The standard InChI is InChI=1S/C23H19F4NO3/c1-2-31-22(29)28-21(14-6-4-3-5-7-14)23(30,15-8-10-17(24)19(26)12-15)16-9-11-18(25)20(27)13-16/h3-13,21,30H,2H2,1H3,(H,28,29)/t21-/m0/s1. The number of carbonyl (C=O) groups excluding carboxylic acids is 1. The zero-order valence-electron chi connectivity index (χ0n) is 16.4. The molecular formula is C23H19F4NO3. The Kier molecular flexibility index (Phi) is 6.60. The maximum absolute atomic E-state index is 14.1. The fraction of sp³-hybridized carbons (Fsp3) is 0.174. The first-order valence-electron chi connectivity index (χ1n) is 9.39. The summed E-state index contributed by atoms with van der Waals surface area (Å²) in [7, 11) is 0. The summed E-state index contributed by atoms with van der Waals surface area (Å²) < 4.78 is 60.3. The number of hydrogen-bond donors (Lipinski definition) is 2. The summed E-state index contributed by atoms with van der Waals surface area (Å²) in [5.74, 6) is -4.85. The monoisotopic (exact) mass is 433 g/mol. The summed E-state index contributed by atoms with van der Waals surface area (Å²) in [4.78, 5) is 12.3. The molecule has 1 amide bonds. The van der Waals surface area contributed by atoms with Gasteiger partial charge in [0.1, 0.15) is 5.60 Å². The van der Waals surface area contributed by atoms with Crippen LogP contribution in [0, 0.1) is 23.3 Å². The van der Waals surface area contributed by atoms with E-state index in [1.54, 1.807) is 37.3 Å². The van der Waals surface area contributed by atoms with Crippen molar-refractivity contribution in [2.45, 2.75) is 18.6 Å². The Balaban J connectivity index is 2.28. The van der Waals surface area contributed by atoms with Crippen molar-refractivity contribution < 1.29 is 32.2 Å². The summed E-state index contributed by atoms with van der Waals surface area (Å²) in [6, 6.07) is 12.0. The van der Waals surface area contributed by atoms with Gasteiger partial charge in [-0.2, -0.15) is 0 Å². The Morgan fingerprint density at radius 2 is 1.42 bits per heavy atom. The lowest BCUT2D eigenvalue weighted by Gasteiger charge is -2.38. The van der Waals surface area contributed by atoms with Crippen LogP contribution in [0.1, 0.15) is 29.7 Å². The normalized spacial score (nSPS) is 12.3. The van der Waals surface area contributed by atoms with E-state index in [-0.39, 0.29) is 17.7 Å². The smallest absolute Gasteiger partial charge is 0.407 e. The van der Waals surface area contributed by atoms with E-state index in [0.717, 1.165) is 36.4 Å². The molecule has 0 bridgehead atoms. The second-order valence-corrected chi connectivity index (χ2v) is 6.73. The van der Waals surface area contributed by atoms with Gasteiger partial charge >= 0.3 is 6.09 Å². The molecule has 0 heterocycles. The van der Waals surface area contributed by atoms with Crippen molar-refractivity contribution >= 4 is 6.09 Å². The van der Waals surface area contributed by atoms with Crippen molar-refractivity contribution in [3.63, 3.8) is 0 Å². The lowest BCUT2D eigenvalue weighted by atomic mass is 9.77. The van der Waals surface area contributed by atoms with Gasteiger partial charge in [-0.1, -0.05) is 42.5 Å². The Bertz CT molecular complexity index is 1020. The van der Waals surface area contributed by atoms with Crippen molar-refractivity contribution in [3.8, 4) is 0 Å². The summed E-state index contributed by atoms with van der Waals surface area (Å²) in [6.07, 6.45) is -0.903. The maximum Gasteiger partial charge on any atom is 0.407 e. The van der Waals surface area contributed by atoms with Crippen LogP contribution in [0.15, 0.2) is 66.7 Å². The van der Waals surface area contributed by atoms with E-state index >= 15 is 0 Å². The highest BCUT2D eigenvalue weighted by molar-refractivity contribution is 5.68. The van der Waals surface area contributed by atoms with Crippen LogP contribution in [0.2, 0.25) is 0 Å². The number of amides is 1. The molecule has 0 aromatic heterocycles. The Morgan fingerprint density at radius 3 is 1.87 bits per heavy atom. The van der Waals surface area contributed by atoms with Gasteiger partial charge in [-0.3, -0.25) is 0 Å². The van der Waals surface area contributed by atoms with E-state index in [9.17, 15) is 27.5 Å². The minimum Gasteiger partial charge on any atom is -0.450 e. The molecule has 3 aromatic rings. The number of aliphatic hydroxyl groups is 1. The van der Waals surface area contributed by atoms with Crippen molar-refractivity contribution in [2.75, 3.05) is 6.61 Å². The summed E-state index contributed by atoms with van der Waals surface area (Å²) in [5.41, 5.74) is -2.35. The fourth-order valence-corrected chi connectivity index (χ4v) is 3.33. The van der Waals surface area contributed by atoms with Crippen LogP contribution >= 0.6 is 0 Å². The van der Waals surface area contributed by atoms with E-state index < -0.39 is 41.0 Å². The number of ether oxygens (including phenoxy) is 1. The van der Waals surface area contributed by atoms with Crippen molar-refractivity contribution in [1.82, 2.24) is 5.32 Å². The highest BCUT2D eigenvalue weighted by Gasteiger charge is 2.43. The molecule has 0 saturated heterocycles. The lowest BCUT2D eigenvalue weighted by molar-refractivity contribution is 0.0328. The van der Waals surface area contributed by atoms with Gasteiger partial charge < -0.3 is 15.2 Å². The molecule has 0 aliphatic heterocycles. The van der Waals surface area contributed by atoms with Crippen LogP contribution in [-0.2, 0) is 10.3 Å². The molecule has 0 aliphatic rings. The third kappa shape index (κ3) is 4.54. The molecule has 3 rings (SSSR count). The van der Waals surface area contributed by atoms with Crippen LogP contribution in [-0.4, -0.2) is 17.8 Å². The topological polar surface area (TPSA) is 58.6 Å².